The Balaban J connectivity index is 1.68. The maximum Gasteiger partial charge on any atom is 0.233 e. The predicted octanol–water partition coefficient (Wildman–Crippen LogP) is 2.94. The van der Waals surface area contributed by atoms with Gasteiger partial charge >= 0.3 is 0 Å². The van der Waals surface area contributed by atoms with E-state index in [2.05, 4.69) is 49.7 Å². The van der Waals surface area contributed by atoms with Crippen molar-refractivity contribution in [1.29, 1.82) is 0 Å². The highest BCUT2D eigenvalue weighted by Gasteiger charge is 2.28. The molecule has 0 aliphatic heterocycles. The van der Waals surface area contributed by atoms with Crippen LogP contribution in [0.1, 0.15) is 37.8 Å². The normalized spacial score (nSPS) is 14.1. The summed E-state index contributed by atoms with van der Waals surface area (Å²) in [6, 6.07) is 16.9. The Hall–Kier alpha value is -3.31. The van der Waals surface area contributed by atoms with Gasteiger partial charge in [0, 0.05) is 12.2 Å². The number of unbranched alkanes of at least 4 members (excludes halogenated alkanes) is 1. The lowest BCUT2D eigenvalue weighted by atomic mass is 10.1. The number of nitrogens with zero attached hydrogens (tertiary/aromatic N) is 5. The maximum atomic E-state index is 13.0. The van der Waals surface area contributed by atoms with E-state index in [4.69, 9.17) is 11.6 Å². The Bertz CT molecular complexity index is 1170. The smallest absolute Gasteiger partial charge is 0.233 e. The van der Waals surface area contributed by atoms with Crippen LogP contribution in [0, 0.1) is 0 Å². The van der Waals surface area contributed by atoms with Gasteiger partial charge in [0.25, 0.3) is 0 Å². The summed E-state index contributed by atoms with van der Waals surface area (Å²) in [5.74, 6) is 0.253. The number of rotatable bonds is 15. The van der Waals surface area contributed by atoms with Crippen molar-refractivity contribution < 1.29 is 19.9 Å². The number of anilines is 3. The summed E-state index contributed by atoms with van der Waals surface area (Å²) in [4.78, 5) is 12.7. The molecule has 3 aromatic rings. The molecule has 0 spiro atoms. The standard InChI is InChI=1S/C27H36ClN7O3/c1-3-5-17-35(4-2,18-23(37)19-36)34-24(38)21-11-13-22(14-12-21)30-27-32-25(28)31-26(33-27)29-16-15-20-9-7-6-8-10-20/h6-14,23,36-37H,3-5,15-19H2,1-2H3,(H2-,29,30,31,32,33,34,38). The highest BCUT2D eigenvalue weighted by Crippen LogP contribution is 2.18. The van der Waals surface area contributed by atoms with Crippen LogP contribution in [-0.4, -0.2) is 74.5 Å². The van der Waals surface area contributed by atoms with Gasteiger partial charge in [-0.1, -0.05) is 60.9 Å². The van der Waals surface area contributed by atoms with Crippen molar-refractivity contribution in [3.8, 4) is 0 Å². The molecule has 1 heterocycles. The molecule has 3 rings (SSSR count). The quantitative estimate of drug-likeness (QED) is 0.0996. The van der Waals surface area contributed by atoms with Crippen molar-refractivity contribution in [2.24, 2.45) is 5.10 Å². The second kappa shape index (κ2) is 14.6. The second-order valence-corrected chi connectivity index (χ2v) is 9.37. The lowest BCUT2D eigenvalue weighted by molar-refractivity contribution is -0.937. The van der Waals surface area contributed by atoms with E-state index in [9.17, 15) is 15.3 Å². The van der Waals surface area contributed by atoms with Crippen LogP contribution in [0.15, 0.2) is 59.7 Å². The monoisotopic (exact) mass is 541 g/mol. The van der Waals surface area contributed by atoms with Crippen LogP contribution in [0.3, 0.4) is 0 Å². The number of aliphatic hydroxyl groups excluding tert-OH is 2. The average Bonchev–Trinajstić information content (AvgIpc) is 2.92. The van der Waals surface area contributed by atoms with Crippen molar-refractivity contribution in [2.45, 2.75) is 39.2 Å². The molecule has 0 bridgehead atoms. The van der Waals surface area contributed by atoms with E-state index < -0.39 is 6.10 Å². The number of halogens is 1. The van der Waals surface area contributed by atoms with Crippen molar-refractivity contribution in [3.05, 3.63) is 71.0 Å². The number of likely N-dealkylation sites (N-methyl/N-ethyl adjacent to an activating group) is 1. The van der Waals surface area contributed by atoms with Crippen LogP contribution in [0.4, 0.5) is 17.6 Å². The van der Waals surface area contributed by atoms with E-state index in [1.807, 2.05) is 25.1 Å². The number of quaternary nitrogens is 1. The van der Waals surface area contributed by atoms with Crippen LogP contribution in [0.25, 0.3) is 0 Å². The first-order chi connectivity index (χ1) is 18.4. The third kappa shape index (κ3) is 8.91. The van der Waals surface area contributed by atoms with Gasteiger partial charge in [-0.05, 0) is 54.6 Å². The molecular formula is C27H36ClN7O3. The summed E-state index contributed by atoms with van der Waals surface area (Å²) in [5, 5.41) is 43.1. The number of aromatic nitrogens is 3. The van der Waals surface area contributed by atoms with E-state index in [-0.39, 0.29) is 34.9 Å². The average molecular weight is 542 g/mol. The van der Waals surface area contributed by atoms with Crippen LogP contribution in [-0.2, 0) is 6.42 Å². The molecular weight excluding hydrogens is 506 g/mol. The molecule has 0 radical (unpaired) electrons. The maximum absolute atomic E-state index is 13.0. The van der Waals surface area contributed by atoms with Gasteiger partial charge in [-0.2, -0.15) is 19.5 Å². The minimum absolute atomic E-state index is 0.0566. The molecule has 2 aromatic carbocycles. The highest BCUT2D eigenvalue weighted by atomic mass is 35.5. The molecule has 0 saturated heterocycles. The largest absolute Gasteiger partial charge is 0.855 e. The van der Waals surface area contributed by atoms with E-state index in [1.165, 1.54) is 5.56 Å². The van der Waals surface area contributed by atoms with E-state index in [0.717, 1.165) is 19.3 Å². The molecule has 0 saturated carbocycles. The molecule has 2 atom stereocenters. The van der Waals surface area contributed by atoms with Gasteiger partial charge in [0.1, 0.15) is 25.7 Å². The zero-order chi connectivity index (χ0) is 27.4. The topological polar surface area (TPSA) is 139 Å². The summed E-state index contributed by atoms with van der Waals surface area (Å²) in [6.45, 7) is 5.57. The molecule has 0 amide bonds. The lowest BCUT2D eigenvalue weighted by Gasteiger charge is -2.34. The fraction of sp³-hybridized carbons (Fsp3) is 0.407. The van der Waals surface area contributed by atoms with Crippen LogP contribution in [0.5, 0.6) is 0 Å². The molecule has 11 heteroatoms. The van der Waals surface area contributed by atoms with E-state index in [0.29, 0.717) is 36.8 Å². The Kier molecular flexibility index (Phi) is 11.2. The van der Waals surface area contributed by atoms with Gasteiger partial charge in [0.2, 0.25) is 17.2 Å². The molecule has 10 nitrogen and oxygen atoms in total. The summed E-state index contributed by atoms with van der Waals surface area (Å²) in [5.41, 5.74) is 2.28. The Morgan fingerprint density at radius 3 is 2.42 bits per heavy atom. The predicted molar refractivity (Wildman–Crippen MR) is 148 cm³/mol. The molecule has 2 unspecified atom stereocenters. The Morgan fingerprint density at radius 2 is 1.76 bits per heavy atom. The summed E-state index contributed by atoms with van der Waals surface area (Å²) in [7, 11) is 0. The van der Waals surface area contributed by atoms with Crippen molar-refractivity contribution >= 4 is 35.1 Å². The third-order valence-electron chi connectivity index (χ3n) is 6.12. The van der Waals surface area contributed by atoms with Gasteiger partial charge in [-0.25, -0.2) is 0 Å². The number of hydrogen-bond donors (Lipinski definition) is 4. The van der Waals surface area contributed by atoms with Crippen LogP contribution < -0.4 is 15.7 Å². The first-order valence-corrected chi connectivity index (χ1v) is 13.2. The molecule has 4 N–H and O–H groups in total. The minimum Gasteiger partial charge on any atom is -0.855 e. The zero-order valence-corrected chi connectivity index (χ0v) is 22.6. The Labute approximate surface area is 228 Å². The van der Waals surface area contributed by atoms with E-state index in [1.54, 1.807) is 24.3 Å². The summed E-state index contributed by atoms with van der Waals surface area (Å²) < 4.78 is 0.0673. The van der Waals surface area contributed by atoms with Gasteiger partial charge in [0.15, 0.2) is 0 Å². The molecule has 38 heavy (non-hydrogen) atoms. The second-order valence-electron chi connectivity index (χ2n) is 9.03. The zero-order valence-electron chi connectivity index (χ0n) is 21.8. The lowest BCUT2D eigenvalue weighted by Crippen LogP contribution is -2.51. The van der Waals surface area contributed by atoms with Crippen LogP contribution >= 0.6 is 11.6 Å². The summed E-state index contributed by atoms with van der Waals surface area (Å²) >= 11 is 6.10. The fourth-order valence-electron chi connectivity index (χ4n) is 3.97. The Morgan fingerprint density at radius 1 is 1.05 bits per heavy atom. The van der Waals surface area contributed by atoms with Gasteiger partial charge in [-0.15, -0.1) is 0 Å². The third-order valence-corrected chi connectivity index (χ3v) is 6.29. The number of nitrogens with one attached hydrogen (secondary N) is 2. The first-order valence-electron chi connectivity index (χ1n) is 12.9. The number of benzene rings is 2. The van der Waals surface area contributed by atoms with Gasteiger partial charge in [-0.3, -0.25) is 0 Å². The number of hydrogen-bond acceptors (Lipinski definition) is 9. The number of aliphatic hydroxyl groups is 2. The molecule has 0 aliphatic rings. The molecule has 0 fully saturated rings. The van der Waals surface area contributed by atoms with E-state index >= 15 is 0 Å². The van der Waals surface area contributed by atoms with Crippen molar-refractivity contribution in [1.82, 2.24) is 15.0 Å². The SMILES string of the molecule is CCCC[N+](CC)(CC(O)CO)/N=C(\[O-])c1ccc(Nc2nc(Cl)nc(NCCc3ccccc3)n2)cc1. The van der Waals surface area contributed by atoms with Gasteiger partial charge in [0.05, 0.1) is 12.5 Å². The highest BCUT2D eigenvalue weighted by molar-refractivity contribution is 6.28. The first kappa shape index (κ1) is 29.2. The van der Waals surface area contributed by atoms with Crippen LogP contribution in [0.2, 0.25) is 5.28 Å². The molecule has 204 valence electrons. The van der Waals surface area contributed by atoms with Crippen molar-refractivity contribution in [3.63, 3.8) is 0 Å². The molecule has 1 aromatic heterocycles. The van der Waals surface area contributed by atoms with Gasteiger partial charge < -0.3 is 26.0 Å². The molecule has 0 aliphatic carbocycles. The minimum atomic E-state index is -0.945. The van der Waals surface area contributed by atoms with Crippen molar-refractivity contribution in [2.75, 3.05) is 43.4 Å². The fourth-order valence-corrected chi connectivity index (χ4v) is 4.13. The summed E-state index contributed by atoms with van der Waals surface area (Å²) in [6.07, 6.45) is 1.65.